The van der Waals surface area contributed by atoms with Gasteiger partial charge in [0.2, 0.25) is 5.91 Å². The molecule has 4 aromatic rings. The van der Waals surface area contributed by atoms with E-state index < -0.39 is 10.0 Å². The molecule has 0 saturated carbocycles. The highest BCUT2D eigenvalue weighted by molar-refractivity contribution is 7.93. The highest BCUT2D eigenvalue weighted by atomic mass is 32.2. The number of hydrogen-bond acceptors (Lipinski definition) is 6. The maximum atomic E-state index is 14.1. The maximum Gasteiger partial charge on any atom is 0.266 e. The fraction of sp³-hybridized carbons (Fsp3) is 0.345. The number of sulfonamides is 1. The van der Waals surface area contributed by atoms with Crippen LogP contribution in [0.3, 0.4) is 0 Å². The zero-order chi connectivity index (χ0) is 27.6. The van der Waals surface area contributed by atoms with Crippen molar-refractivity contribution in [3.8, 4) is 0 Å². The monoisotopic (exact) mass is 550 g/mol. The second-order valence-electron chi connectivity index (χ2n) is 10.2. The van der Waals surface area contributed by atoms with Gasteiger partial charge in [0.05, 0.1) is 17.4 Å². The standard InChI is InChI=1S/C29H34N4O3S2/c1-18(2)23-9-7-10-24(19(3)4)28(23)30-27(34)13-14-33(22-16-20(5)15-21(6)17-22)38(35,36)26-12-8-11-25-29(26)32-37-31-25/h7-12,15-19H,13-14H2,1-6H3,(H,30,34). The minimum absolute atomic E-state index is 0.0124. The molecule has 0 unspecified atom stereocenters. The van der Waals surface area contributed by atoms with Gasteiger partial charge in [0.1, 0.15) is 15.9 Å². The smallest absolute Gasteiger partial charge is 0.266 e. The van der Waals surface area contributed by atoms with E-state index >= 15 is 0 Å². The van der Waals surface area contributed by atoms with Gasteiger partial charge in [-0.15, -0.1) is 0 Å². The van der Waals surface area contributed by atoms with Crippen molar-refractivity contribution in [1.29, 1.82) is 0 Å². The van der Waals surface area contributed by atoms with E-state index in [0.717, 1.165) is 39.7 Å². The van der Waals surface area contributed by atoms with Crippen LogP contribution in [0.1, 0.15) is 68.2 Å². The number of benzene rings is 3. The molecule has 0 aliphatic rings. The molecule has 200 valence electrons. The van der Waals surface area contributed by atoms with Gasteiger partial charge in [0.25, 0.3) is 10.0 Å². The lowest BCUT2D eigenvalue weighted by atomic mass is 9.92. The summed E-state index contributed by atoms with van der Waals surface area (Å²) in [5.41, 5.74) is 6.19. The molecule has 0 fully saturated rings. The Balaban J connectivity index is 1.69. The number of aromatic nitrogens is 2. The first-order valence-electron chi connectivity index (χ1n) is 12.7. The van der Waals surface area contributed by atoms with Crippen LogP contribution in [0.4, 0.5) is 11.4 Å². The molecule has 3 aromatic carbocycles. The molecule has 0 radical (unpaired) electrons. The summed E-state index contributed by atoms with van der Waals surface area (Å²) in [6.07, 6.45) is -0.0124. The molecule has 4 rings (SSSR count). The average molecular weight is 551 g/mol. The molecule has 1 heterocycles. The van der Waals surface area contributed by atoms with Crippen LogP contribution in [0, 0.1) is 13.8 Å². The molecule has 1 amide bonds. The highest BCUT2D eigenvalue weighted by Crippen LogP contribution is 2.33. The molecule has 0 aliphatic carbocycles. The number of fused-ring (bicyclic) bond motifs is 1. The van der Waals surface area contributed by atoms with Crippen LogP contribution in [0.5, 0.6) is 0 Å². The zero-order valence-electron chi connectivity index (χ0n) is 22.6. The van der Waals surface area contributed by atoms with E-state index in [1.165, 1.54) is 4.31 Å². The normalized spacial score (nSPS) is 11.9. The Hall–Kier alpha value is -3.30. The summed E-state index contributed by atoms with van der Waals surface area (Å²) >= 11 is 0.975. The summed E-state index contributed by atoms with van der Waals surface area (Å²) in [4.78, 5) is 13.4. The molecule has 0 spiro atoms. The topological polar surface area (TPSA) is 92.3 Å². The van der Waals surface area contributed by atoms with Gasteiger partial charge in [0, 0.05) is 18.7 Å². The first kappa shape index (κ1) is 27.7. The second-order valence-corrected chi connectivity index (χ2v) is 12.6. The minimum atomic E-state index is -4.04. The predicted octanol–water partition coefficient (Wildman–Crippen LogP) is 6.78. The second kappa shape index (κ2) is 11.2. The van der Waals surface area contributed by atoms with Crippen LogP contribution in [0.2, 0.25) is 0 Å². The number of para-hydroxylation sites is 1. The zero-order valence-corrected chi connectivity index (χ0v) is 24.3. The minimum Gasteiger partial charge on any atom is -0.326 e. The number of amides is 1. The molecule has 7 nitrogen and oxygen atoms in total. The number of carbonyl (C=O) groups is 1. The van der Waals surface area contributed by atoms with Crippen LogP contribution in [0.15, 0.2) is 59.5 Å². The van der Waals surface area contributed by atoms with E-state index in [2.05, 4.69) is 41.8 Å². The summed E-state index contributed by atoms with van der Waals surface area (Å²) in [7, 11) is -4.04. The van der Waals surface area contributed by atoms with E-state index in [-0.39, 0.29) is 35.6 Å². The number of rotatable bonds is 9. The Kier molecular flexibility index (Phi) is 8.18. The first-order chi connectivity index (χ1) is 18.0. The van der Waals surface area contributed by atoms with Crippen LogP contribution in [-0.2, 0) is 14.8 Å². The van der Waals surface area contributed by atoms with Gasteiger partial charge >= 0.3 is 0 Å². The molecular weight excluding hydrogens is 516 g/mol. The van der Waals surface area contributed by atoms with Gasteiger partial charge in [-0.3, -0.25) is 9.10 Å². The van der Waals surface area contributed by atoms with Gasteiger partial charge in [0.15, 0.2) is 0 Å². The lowest BCUT2D eigenvalue weighted by Gasteiger charge is -2.26. The van der Waals surface area contributed by atoms with Crippen LogP contribution >= 0.6 is 11.7 Å². The third-order valence-corrected chi connectivity index (χ3v) is 8.89. The lowest BCUT2D eigenvalue weighted by molar-refractivity contribution is -0.116. The van der Waals surface area contributed by atoms with Crippen LogP contribution in [0.25, 0.3) is 11.0 Å². The fourth-order valence-corrected chi connectivity index (χ4v) is 6.90. The number of nitrogens with one attached hydrogen (secondary N) is 1. The van der Waals surface area contributed by atoms with E-state index in [1.54, 1.807) is 18.2 Å². The van der Waals surface area contributed by atoms with Crippen molar-refractivity contribution in [2.24, 2.45) is 0 Å². The Morgan fingerprint density at radius 2 is 1.53 bits per heavy atom. The number of carbonyl (C=O) groups excluding carboxylic acids is 1. The largest absolute Gasteiger partial charge is 0.326 e. The third-order valence-electron chi connectivity index (χ3n) is 6.49. The van der Waals surface area contributed by atoms with Crippen molar-refractivity contribution in [2.75, 3.05) is 16.2 Å². The van der Waals surface area contributed by atoms with Crippen LogP contribution < -0.4 is 9.62 Å². The van der Waals surface area contributed by atoms with Gasteiger partial charge in [-0.25, -0.2) is 8.42 Å². The number of hydrogen-bond donors (Lipinski definition) is 1. The van der Waals surface area contributed by atoms with E-state index in [0.29, 0.717) is 16.7 Å². The van der Waals surface area contributed by atoms with E-state index in [9.17, 15) is 13.2 Å². The summed E-state index contributed by atoms with van der Waals surface area (Å²) in [6, 6.07) is 16.7. The number of nitrogens with zero attached hydrogens (tertiary/aromatic N) is 3. The van der Waals surface area contributed by atoms with Crippen molar-refractivity contribution in [2.45, 2.75) is 64.7 Å². The van der Waals surface area contributed by atoms with Crippen molar-refractivity contribution < 1.29 is 13.2 Å². The van der Waals surface area contributed by atoms with Gasteiger partial charge in [-0.05, 0) is 72.2 Å². The molecule has 0 aliphatic heterocycles. The highest BCUT2D eigenvalue weighted by Gasteiger charge is 2.29. The summed E-state index contributed by atoms with van der Waals surface area (Å²) in [6.45, 7) is 12.2. The van der Waals surface area contributed by atoms with Crippen molar-refractivity contribution >= 4 is 50.1 Å². The molecule has 1 N–H and O–H groups in total. The third kappa shape index (κ3) is 5.73. The van der Waals surface area contributed by atoms with Crippen LogP contribution in [-0.4, -0.2) is 29.6 Å². The molecule has 0 saturated heterocycles. The fourth-order valence-electron chi connectivity index (χ4n) is 4.69. The molecule has 0 atom stereocenters. The Bertz CT molecular complexity index is 1530. The quantitative estimate of drug-likeness (QED) is 0.248. The SMILES string of the molecule is Cc1cc(C)cc(N(CCC(=O)Nc2c(C(C)C)cccc2C(C)C)S(=O)(=O)c2cccc3nsnc23)c1. The van der Waals surface area contributed by atoms with E-state index in [1.807, 2.05) is 50.2 Å². The van der Waals surface area contributed by atoms with Gasteiger partial charge in [-0.1, -0.05) is 58.0 Å². The molecular formula is C29H34N4O3S2. The Morgan fingerprint density at radius 1 is 0.921 bits per heavy atom. The van der Waals surface area contributed by atoms with Crippen molar-refractivity contribution in [3.63, 3.8) is 0 Å². The predicted molar refractivity (Wildman–Crippen MR) is 156 cm³/mol. The maximum absolute atomic E-state index is 14.1. The van der Waals surface area contributed by atoms with Gasteiger partial charge in [-0.2, -0.15) is 8.75 Å². The van der Waals surface area contributed by atoms with E-state index in [4.69, 9.17) is 0 Å². The van der Waals surface area contributed by atoms with Gasteiger partial charge < -0.3 is 5.32 Å². The number of aryl methyl sites for hydroxylation is 2. The summed E-state index contributed by atoms with van der Waals surface area (Å²) in [5, 5.41) is 3.11. The number of anilines is 2. The van der Waals surface area contributed by atoms with Crippen molar-refractivity contribution in [3.05, 3.63) is 76.9 Å². The average Bonchev–Trinajstić information content (AvgIpc) is 3.32. The Morgan fingerprint density at radius 3 is 2.13 bits per heavy atom. The lowest BCUT2D eigenvalue weighted by Crippen LogP contribution is -2.34. The summed E-state index contributed by atoms with van der Waals surface area (Å²) < 4.78 is 37.9. The van der Waals surface area contributed by atoms with Crippen molar-refractivity contribution in [1.82, 2.24) is 8.75 Å². The molecule has 38 heavy (non-hydrogen) atoms. The molecule has 1 aromatic heterocycles. The first-order valence-corrected chi connectivity index (χ1v) is 14.9. The molecule has 9 heteroatoms. The molecule has 0 bridgehead atoms. The summed E-state index contributed by atoms with van der Waals surface area (Å²) in [5.74, 6) is 0.213. The Labute approximate surface area is 229 Å².